The number of carbonyl (C=O) groups excluding carboxylic acids is 2. The molecule has 154 valence electrons. The van der Waals surface area contributed by atoms with Crippen LogP contribution in [0.4, 0.5) is 4.39 Å². The van der Waals surface area contributed by atoms with Crippen molar-refractivity contribution in [1.29, 1.82) is 0 Å². The zero-order valence-electron chi connectivity index (χ0n) is 16.5. The van der Waals surface area contributed by atoms with E-state index in [1.54, 1.807) is 13.0 Å². The summed E-state index contributed by atoms with van der Waals surface area (Å²) in [4.78, 5) is 27.4. The maximum absolute atomic E-state index is 14.2. The van der Waals surface area contributed by atoms with Gasteiger partial charge in [-0.2, -0.15) is 0 Å². The molecular weight excluding hydrogens is 391 g/mol. The lowest BCUT2D eigenvalue weighted by atomic mass is 10.1. The third kappa shape index (κ3) is 5.57. The van der Waals surface area contributed by atoms with Gasteiger partial charge in [-0.05, 0) is 37.5 Å². The Morgan fingerprint density at radius 2 is 1.83 bits per heavy atom. The Morgan fingerprint density at radius 3 is 2.48 bits per heavy atom. The molecule has 0 spiro atoms. The molecular formula is C23H26ClFN2O2. The molecule has 3 rings (SSSR count). The SMILES string of the molecule is C[C@@H](C(=O)NC1CCCC1)N(Cc1ccccc1)C(=O)Cc1c(F)cccc1Cl. The minimum absolute atomic E-state index is 0.153. The van der Waals surface area contributed by atoms with Crippen molar-refractivity contribution in [3.63, 3.8) is 0 Å². The van der Waals surface area contributed by atoms with Crippen LogP contribution in [0.3, 0.4) is 0 Å². The van der Waals surface area contributed by atoms with Gasteiger partial charge in [0.25, 0.3) is 0 Å². The highest BCUT2D eigenvalue weighted by Crippen LogP contribution is 2.22. The molecule has 1 atom stereocenters. The normalized spacial score (nSPS) is 15.1. The Bertz CT molecular complexity index is 833. The lowest BCUT2D eigenvalue weighted by molar-refractivity contribution is -0.140. The second-order valence-electron chi connectivity index (χ2n) is 7.55. The van der Waals surface area contributed by atoms with Crippen molar-refractivity contribution in [3.05, 3.63) is 70.5 Å². The molecule has 0 aromatic heterocycles. The van der Waals surface area contributed by atoms with Crippen molar-refractivity contribution >= 4 is 23.4 Å². The number of hydrogen-bond acceptors (Lipinski definition) is 2. The molecule has 1 aliphatic rings. The van der Waals surface area contributed by atoms with Crippen LogP contribution >= 0.6 is 11.6 Å². The number of nitrogens with zero attached hydrogens (tertiary/aromatic N) is 1. The van der Waals surface area contributed by atoms with Crippen LogP contribution in [0.25, 0.3) is 0 Å². The second kappa shape index (κ2) is 9.88. The third-order valence-electron chi connectivity index (χ3n) is 5.45. The smallest absolute Gasteiger partial charge is 0.242 e. The van der Waals surface area contributed by atoms with Crippen LogP contribution in [0.2, 0.25) is 5.02 Å². The van der Waals surface area contributed by atoms with E-state index in [2.05, 4.69) is 5.32 Å². The van der Waals surface area contributed by atoms with E-state index in [-0.39, 0.29) is 41.4 Å². The van der Waals surface area contributed by atoms with Gasteiger partial charge >= 0.3 is 0 Å². The summed E-state index contributed by atoms with van der Waals surface area (Å²) in [6.07, 6.45) is 3.96. The first-order valence-electron chi connectivity index (χ1n) is 10.0. The zero-order chi connectivity index (χ0) is 20.8. The summed E-state index contributed by atoms with van der Waals surface area (Å²) in [7, 11) is 0. The summed E-state index contributed by atoms with van der Waals surface area (Å²) in [6, 6.07) is 13.3. The number of benzene rings is 2. The molecule has 2 aromatic rings. The summed E-state index contributed by atoms with van der Waals surface area (Å²) in [5.41, 5.74) is 1.06. The first-order chi connectivity index (χ1) is 14.0. The Hall–Kier alpha value is -2.40. The monoisotopic (exact) mass is 416 g/mol. The summed E-state index contributed by atoms with van der Waals surface area (Å²) in [5, 5.41) is 3.26. The molecule has 2 aromatic carbocycles. The minimum atomic E-state index is -0.672. The number of rotatable bonds is 7. The number of hydrogen-bond donors (Lipinski definition) is 1. The fraction of sp³-hybridized carbons (Fsp3) is 0.391. The maximum atomic E-state index is 14.2. The van der Waals surface area contributed by atoms with E-state index >= 15 is 0 Å². The van der Waals surface area contributed by atoms with Crippen molar-refractivity contribution in [2.75, 3.05) is 0 Å². The van der Waals surface area contributed by atoms with E-state index in [4.69, 9.17) is 11.6 Å². The van der Waals surface area contributed by atoms with E-state index in [1.807, 2.05) is 30.3 Å². The Kier molecular flexibility index (Phi) is 7.26. The molecule has 1 saturated carbocycles. The molecule has 1 aliphatic carbocycles. The average molecular weight is 417 g/mol. The summed E-state index contributed by atoms with van der Waals surface area (Å²) < 4.78 is 14.2. The summed E-state index contributed by atoms with van der Waals surface area (Å²) in [6.45, 7) is 1.99. The largest absolute Gasteiger partial charge is 0.352 e. The highest BCUT2D eigenvalue weighted by Gasteiger charge is 2.29. The van der Waals surface area contributed by atoms with E-state index in [9.17, 15) is 14.0 Å². The van der Waals surface area contributed by atoms with Crippen molar-refractivity contribution in [1.82, 2.24) is 10.2 Å². The van der Waals surface area contributed by atoms with Gasteiger partial charge in [0.2, 0.25) is 11.8 Å². The minimum Gasteiger partial charge on any atom is -0.352 e. The molecule has 1 N–H and O–H groups in total. The topological polar surface area (TPSA) is 49.4 Å². The molecule has 0 saturated heterocycles. The molecule has 0 radical (unpaired) electrons. The zero-order valence-corrected chi connectivity index (χ0v) is 17.3. The molecule has 2 amide bonds. The molecule has 4 nitrogen and oxygen atoms in total. The summed E-state index contributed by atoms with van der Waals surface area (Å²) in [5.74, 6) is -1.04. The van der Waals surface area contributed by atoms with Crippen LogP contribution in [-0.2, 0) is 22.6 Å². The van der Waals surface area contributed by atoms with Crippen molar-refractivity contribution < 1.29 is 14.0 Å². The van der Waals surface area contributed by atoms with Crippen LogP contribution in [0, 0.1) is 5.82 Å². The van der Waals surface area contributed by atoms with E-state index in [0.717, 1.165) is 31.2 Å². The Morgan fingerprint density at radius 1 is 1.14 bits per heavy atom. The van der Waals surface area contributed by atoms with Gasteiger partial charge in [0.05, 0.1) is 6.42 Å². The van der Waals surface area contributed by atoms with Crippen molar-refractivity contribution in [2.24, 2.45) is 0 Å². The van der Waals surface area contributed by atoms with Gasteiger partial charge in [0, 0.05) is 23.2 Å². The highest BCUT2D eigenvalue weighted by molar-refractivity contribution is 6.31. The van der Waals surface area contributed by atoms with E-state index < -0.39 is 11.9 Å². The lowest BCUT2D eigenvalue weighted by Gasteiger charge is -2.30. The molecule has 1 fully saturated rings. The van der Waals surface area contributed by atoms with Crippen LogP contribution in [0.5, 0.6) is 0 Å². The fourth-order valence-electron chi connectivity index (χ4n) is 3.71. The third-order valence-corrected chi connectivity index (χ3v) is 5.81. The van der Waals surface area contributed by atoms with Gasteiger partial charge in [-0.15, -0.1) is 0 Å². The first kappa shape index (κ1) is 21.3. The number of halogens is 2. The standard InChI is InChI=1S/C23H26ClFN2O2/c1-16(23(29)26-18-10-5-6-11-18)27(15-17-8-3-2-4-9-17)22(28)14-19-20(24)12-7-13-21(19)25/h2-4,7-9,12-13,16,18H,5-6,10-11,14-15H2,1H3,(H,26,29)/t16-/m0/s1. The highest BCUT2D eigenvalue weighted by atomic mass is 35.5. The first-order valence-corrected chi connectivity index (χ1v) is 10.4. The van der Waals surface area contributed by atoms with Gasteiger partial charge < -0.3 is 10.2 Å². The Balaban J connectivity index is 1.79. The van der Waals surface area contributed by atoms with E-state index in [1.165, 1.54) is 17.0 Å². The number of carbonyl (C=O) groups is 2. The fourth-order valence-corrected chi connectivity index (χ4v) is 3.94. The lowest BCUT2D eigenvalue weighted by Crippen LogP contribution is -2.50. The van der Waals surface area contributed by atoms with Crippen LogP contribution in [0.1, 0.15) is 43.7 Å². The second-order valence-corrected chi connectivity index (χ2v) is 7.96. The van der Waals surface area contributed by atoms with Gasteiger partial charge in [-0.1, -0.05) is 60.8 Å². The number of amides is 2. The van der Waals surface area contributed by atoms with Crippen LogP contribution in [0.15, 0.2) is 48.5 Å². The van der Waals surface area contributed by atoms with Crippen molar-refractivity contribution in [3.8, 4) is 0 Å². The van der Waals surface area contributed by atoms with Gasteiger partial charge in [-0.3, -0.25) is 9.59 Å². The van der Waals surface area contributed by atoms with Crippen LogP contribution in [-0.4, -0.2) is 28.8 Å². The maximum Gasteiger partial charge on any atom is 0.242 e. The number of nitrogens with one attached hydrogen (secondary N) is 1. The summed E-state index contributed by atoms with van der Waals surface area (Å²) >= 11 is 6.10. The van der Waals surface area contributed by atoms with Crippen molar-refractivity contribution in [2.45, 2.75) is 57.7 Å². The molecule has 0 heterocycles. The molecule has 0 unspecified atom stereocenters. The predicted molar refractivity (Wildman–Crippen MR) is 112 cm³/mol. The van der Waals surface area contributed by atoms with Gasteiger partial charge in [0.1, 0.15) is 11.9 Å². The molecule has 6 heteroatoms. The van der Waals surface area contributed by atoms with Crippen LogP contribution < -0.4 is 5.32 Å². The molecule has 29 heavy (non-hydrogen) atoms. The van der Waals surface area contributed by atoms with Gasteiger partial charge in [-0.25, -0.2) is 4.39 Å². The van der Waals surface area contributed by atoms with Gasteiger partial charge in [0.15, 0.2) is 0 Å². The Labute approximate surface area is 176 Å². The quantitative estimate of drug-likeness (QED) is 0.722. The molecule has 0 aliphatic heterocycles. The molecule has 0 bridgehead atoms. The predicted octanol–water partition coefficient (Wildman–Crippen LogP) is 4.50. The van der Waals surface area contributed by atoms with E-state index in [0.29, 0.717) is 0 Å². The average Bonchev–Trinajstić information content (AvgIpc) is 3.22.